The third-order valence-electron chi connectivity index (χ3n) is 5.05. The standard InChI is InChI=1S/C22H23N3O2.2C2H6/c1-2-27-22(26)19-4-3-13-25(15-19)21-8-6-18-14-17(5-7-20(18)24-21)16-9-11-23-12-10-16;2*1-2/h5-12,14,19H,2-4,13,15H2,1H3;2*1-2H3. The summed E-state index contributed by atoms with van der Waals surface area (Å²) < 4.78 is 5.20. The maximum atomic E-state index is 12.1. The van der Waals surface area contributed by atoms with Gasteiger partial charge < -0.3 is 9.64 Å². The van der Waals surface area contributed by atoms with Gasteiger partial charge in [-0.25, -0.2) is 4.98 Å². The molecule has 0 aliphatic carbocycles. The molecule has 0 bridgehead atoms. The van der Waals surface area contributed by atoms with E-state index in [1.165, 1.54) is 0 Å². The normalized spacial score (nSPS) is 15.3. The Bertz CT molecular complexity index is 944. The van der Waals surface area contributed by atoms with Gasteiger partial charge in [-0.1, -0.05) is 33.8 Å². The molecular weight excluding hydrogens is 386 g/mol. The van der Waals surface area contributed by atoms with Gasteiger partial charge in [0.1, 0.15) is 5.82 Å². The zero-order chi connectivity index (χ0) is 22.6. The van der Waals surface area contributed by atoms with Gasteiger partial charge in [0.25, 0.3) is 0 Å². The number of benzene rings is 1. The van der Waals surface area contributed by atoms with Crippen molar-refractivity contribution in [1.29, 1.82) is 0 Å². The van der Waals surface area contributed by atoms with E-state index in [-0.39, 0.29) is 11.9 Å². The maximum Gasteiger partial charge on any atom is 0.310 e. The van der Waals surface area contributed by atoms with Crippen LogP contribution in [0.4, 0.5) is 5.82 Å². The average Bonchev–Trinajstić information content (AvgIpc) is 2.86. The smallest absolute Gasteiger partial charge is 0.310 e. The van der Waals surface area contributed by atoms with Crippen LogP contribution in [0.3, 0.4) is 0 Å². The van der Waals surface area contributed by atoms with E-state index < -0.39 is 0 Å². The van der Waals surface area contributed by atoms with Crippen molar-refractivity contribution < 1.29 is 9.53 Å². The average molecular weight is 422 g/mol. The molecule has 1 fully saturated rings. The number of pyridine rings is 2. The molecule has 5 nitrogen and oxygen atoms in total. The Morgan fingerprint density at radius 1 is 1.03 bits per heavy atom. The molecule has 1 aromatic carbocycles. The van der Waals surface area contributed by atoms with E-state index in [2.05, 4.69) is 34.1 Å². The largest absolute Gasteiger partial charge is 0.466 e. The van der Waals surface area contributed by atoms with E-state index in [1.807, 2.05) is 52.8 Å². The van der Waals surface area contributed by atoms with E-state index >= 15 is 0 Å². The van der Waals surface area contributed by atoms with Crippen molar-refractivity contribution in [3.05, 3.63) is 54.9 Å². The lowest BCUT2D eigenvalue weighted by atomic mass is 9.98. The number of rotatable bonds is 4. The number of hydrogen-bond donors (Lipinski definition) is 0. The van der Waals surface area contributed by atoms with Gasteiger partial charge in [-0.2, -0.15) is 0 Å². The summed E-state index contributed by atoms with van der Waals surface area (Å²) >= 11 is 0. The van der Waals surface area contributed by atoms with Crippen molar-refractivity contribution in [1.82, 2.24) is 9.97 Å². The molecule has 1 atom stereocenters. The van der Waals surface area contributed by atoms with Crippen LogP contribution in [-0.4, -0.2) is 35.6 Å². The van der Waals surface area contributed by atoms with Crippen LogP contribution in [0.25, 0.3) is 22.0 Å². The van der Waals surface area contributed by atoms with Crippen LogP contribution in [0.2, 0.25) is 0 Å². The van der Waals surface area contributed by atoms with E-state index in [0.717, 1.165) is 47.2 Å². The zero-order valence-corrected chi connectivity index (χ0v) is 19.5. The first-order valence-electron chi connectivity index (χ1n) is 11.5. The van der Waals surface area contributed by atoms with Crippen molar-refractivity contribution in [2.75, 3.05) is 24.6 Å². The molecule has 1 aliphatic heterocycles. The van der Waals surface area contributed by atoms with Crippen molar-refractivity contribution in [2.45, 2.75) is 47.5 Å². The quantitative estimate of drug-likeness (QED) is 0.474. The van der Waals surface area contributed by atoms with Gasteiger partial charge in [0, 0.05) is 30.9 Å². The predicted octanol–water partition coefficient (Wildman–Crippen LogP) is 6.13. The molecule has 0 radical (unpaired) electrons. The number of esters is 1. The Morgan fingerprint density at radius 2 is 1.77 bits per heavy atom. The fraction of sp³-hybridized carbons (Fsp3) is 0.423. The number of nitrogens with zero attached hydrogens (tertiary/aromatic N) is 3. The maximum absolute atomic E-state index is 12.1. The molecular formula is C26H35N3O2. The van der Waals surface area contributed by atoms with Crippen molar-refractivity contribution in [3.63, 3.8) is 0 Å². The third-order valence-corrected chi connectivity index (χ3v) is 5.05. The van der Waals surface area contributed by atoms with Gasteiger partial charge in [0.2, 0.25) is 0 Å². The molecule has 2 aromatic heterocycles. The summed E-state index contributed by atoms with van der Waals surface area (Å²) in [6, 6.07) is 14.5. The molecule has 166 valence electrons. The number of carbonyl (C=O) groups is 1. The number of piperidine rings is 1. The minimum atomic E-state index is -0.0926. The second kappa shape index (κ2) is 12.7. The SMILES string of the molecule is CC.CC.CCOC(=O)C1CCCN(c2ccc3cc(-c4ccncc4)ccc3n2)C1. The number of carbonyl (C=O) groups excluding carboxylic acids is 1. The summed E-state index contributed by atoms with van der Waals surface area (Å²) in [5, 5.41) is 1.10. The van der Waals surface area contributed by atoms with Gasteiger partial charge in [0.15, 0.2) is 0 Å². The molecule has 4 rings (SSSR count). The Balaban J connectivity index is 0.000000807. The van der Waals surface area contributed by atoms with Crippen LogP contribution < -0.4 is 4.90 Å². The monoisotopic (exact) mass is 421 g/mol. The number of aromatic nitrogens is 2. The van der Waals surface area contributed by atoms with E-state index in [1.54, 1.807) is 12.4 Å². The van der Waals surface area contributed by atoms with Crippen molar-refractivity contribution in [3.8, 4) is 11.1 Å². The lowest BCUT2D eigenvalue weighted by molar-refractivity contribution is -0.148. The van der Waals surface area contributed by atoms with Gasteiger partial charge in [-0.15, -0.1) is 0 Å². The molecule has 3 heterocycles. The van der Waals surface area contributed by atoms with Gasteiger partial charge in [-0.3, -0.25) is 9.78 Å². The lowest BCUT2D eigenvalue weighted by Gasteiger charge is -2.32. The highest BCUT2D eigenvalue weighted by Crippen LogP contribution is 2.27. The van der Waals surface area contributed by atoms with Gasteiger partial charge >= 0.3 is 5.97 Å². The summed E-state index contributed by atoms with van der Waals surface area (Å²) in [5.41, 5.74) is 3.26. The summed E-state index contributed by atoms with van der Waals surface area (Å²) in [7, 11) is 0. The second-order valence-electron chi connectivity index (χ2n) is 6.85. The van der Waals surface area contributed by atoms with Crippen molar-refractivity contribution in [2.24, 2.45) is 5.92 Å². The van der Waals surface area contributed by atoms with Gasteiger partial charge in [-0.05, 0) is 67.3 Å². The Kier molecular flexibility index (Phi) is 9.95. The fourth-order valence-corrected chi connectivity index (χ4v) is 3.65. The second-order valence-corrected chi connectivity index (χ2v) is 6.85. The van der Waals surface area contributed by atoms with Crippen LogP contribution in [0.1, 0.15) is 47.5 Å². The first-order chi connectivity index (χ1) is 15.2. The summed E-state index contributed by atoms with van der Waals surface area (Å²) in [4.78, 5) is 23.2. The van der Waals surface area contributed by atoms with E-state index in [9.17, 15) is 4.79 Å². The highest BCUT2D eigenvalue weighted by molar-refractivity contribution is 5.85. The Morgan fingerprint density at radius 3 is 2.48 bits per heavy atom. The van der Waals surface area contributed by atoms with E-state index in [0.29, 0.717) is 13.2 Å². The van der Waals surface area contributed by atoms with Crippen LogP contribution in [-0.2, 0) is 9.53 Å². The molecule has 1 saturated heterocycles. The number of ether oxygens (including phenoxy) is 1. The summed E-state index contributed by atoms with van der Waals surface area (Å²) in [6.45, 7) is 11.9. The number of hydrogen-bond acceptors (Lipinski definition) is 5. The number of anilines is 1. The van der Waals surface area contributed by atoms with Gasteiger partial charge in [0.05, 0.1) is 18.0 Å². The lowest BCUT2D eigenvalue weighted by Crippen LogP contribution is -2.39. The fourth-order valence-electron chi connectivity index (χ4n) is 3.65. The van der Waals surface area contributed by atoms with Crippen LogP contribution in [0, 0.1) is 5.92 Å². The van der Waals surface area contributed by atoms with Crippen LogP contribution >= 0.6 is 0 Å². The van der Waals surface area contributed by atoms with Crippen molar-refractivity contribution >= 4 is 22.7 Å². The first kappa shape index (κ1) is 24.3. The molecule has 0 N–H and O–H groups in total. The predicted molar refractivity (Wildman–Crippen MR) is 129 cm³/mol. The minimum absolute atomic E-state index is 0.0646. The molecule has 1 unspecified atom stereocenters. The Labute approximate surface area is 186 Å². The molecule has 3 aromatic rings. The molecule has 1 aliphatic rings. The topological polar surface area (TPSA) is 55.3 Å². The Hall–Kier alpha value is -2.95. The van der Waals surface area contributed by atoms with Crippen LogP contribution in [0.5, 0.6) is 0 Å². The third kappa shape index (κ3) is 6.27. The molecule has 0 saturated carbocycles. The first-order valence-corrected chi connectivity index (χ1v) is 11.5. The summed E-state index contributed by atoms with van der Waals surface area (Å²) in [6.07, 6.45) is 5.47. The zero-order valence-electron chi connectivity index (χ0n) is 19.5. The molecule has 0 amide bonds. The van der Waals surface area contributed by atoms with Crippen LogP contribution in [0.15, 0.2) is 54.9 Å². The molecule has 0 spiro atoms. The number of fused-ring (bicyclic) bond motifs is 1. The summed E-state index contributed by atoms with van der Waals surface area (Å²) in [5.74, 6) is 0.767. The molecule has 31 heavy (non-hydrogen) atoms. The molecule has 5 heteroatoms. The van der Waals surface area contributed by atoms with E-state index in [4.69, 9.17) is 9.72 Å². The minimum Gasteiger partial charge on any atom is -0.466 e. The highest BCUT2D eigenvalue weighted by atomic mass is 16.5. The highest BCUT2D eigenvalue weighted by Gasteiger charge is 2.27.